The lowest BCUT2D eigenvalue weighted by molar-refractivity contribution is -0.122. The van der Waals surface area contributed by atoms with Crippen molar-refractivity contribution in [1.82, 2.24) is 5.32 Å². The predicted octanol–water partition coefficient (Wildman–Crippen LogP) is -0.530. The van der Waals surface area contributed by atoms with Crippen LogP contribution < -0.4 is 11.1 Å². The quantitative estimate of drug-likeness (QED) is 0.514. The van der Waals surface area contributed by atoms with Crippen LogP contribution in [-0.4, -0.2) is 18.5 Å². The minimum atomic E-state index is -0.113. The zero-order valence-electron chi connectivity index (χ0n) is 5.84. The molecular weight excluding hydrogens is 128 g/mol. The Balaban J connectivity index is 2.16. The average molecular weight is 140 g/mol. The second kappa shape index (κ2) is 1.95. The van der Waals surface area contributed by atoms with Gasteiger partial charge in [0.1, 0.15) is 0 Å². The smallest absolute Gasteiger partial charge is 0.222 e. The molecule has 2 bridgehead atoms. The van der Waals surface area contributed by atoms with Crippen molar-refractivity contribution in [3.63, 3.8) is 0 Å². The number of piperidine rings is 1. The van der Waals surface area contributed by atoms with Crippen molar-refractivity contribution < 1.29 is 4.79 Å². The van der Waals surface area contributed by atoms with Crippen LogP contribution in [0.1, 0.15) is 12.8 Å². The summed E-state index contributed by atoms with van der Waals surface area (Å²) >= 11 is 0. The molecule has 1 heterocycles. The molecule has 2 fully saturated rings. The molecule has 1 saturated carbocycles. The van der Waals surface area contributed by atoms with Gasteiger partial charge in [-0.05, 0) is 25.3 Å². The minimum Gasteiger partial charge on any atom is -0.369 e. The van der Waals surface area contributed by atoms with E-state index in [1.54, 1.807) is 0 Å². The molecular formula is C7H12N2O. The first kappa shape index (κ1) is 6.16. The number of amides is 1. The zero-order valence-corrected chi connectivity index (χ0v) is 5.84. The van der Waals surface area contributed by atoms with Gasteiger partial charge in [0, 0.05) is 6.04 Å². The third-order valence-corrected chi connectivity index (χ3v) is 2.76. The number of primary amides is 1. The number of nitrogens with two attached hydrogens (primary N) is 1. The molecule has 3 N–H and O–H groups in total. The fourth-order valence-electron chi connectivity index (χ4n) is 2.27. The lowest BCUT2D eigenvalue weighted by Crippen LogP contribution is -2.32. The highest BCUT2D eigenvalue weighted by molar-refractivity contribution is 5.78. The van der Waals surface area contributed by atoms with Crippen LogP contribution in [0.4, 0.5) is 0 Å². The summed E-state index contributed by atoms with van der Waals surface area (Å²) in [7, 11) is 0. The SMILES string of the molecule is NC(=O)[C@@H]1[C@H]2CC[C@@H]1NC2. The first-order valence-corrected chi connectivity index (χ1v) is 3.82. The maximum Gasteiger partial charge on any atom is 0.222 e. The van der Waals surface area contributed by atoms with Crippen molar-refractivity contribution in [3.8, 4) is 0 Å². The molecule has 0 spiro atoms. The predicted molar refractivity (Wildman–Crippen MR) is 37.2 cm³/mol. The highest BCUT2D eigenvalue weighted by Gasteiger charge is 2.44. The Hall–Kier alpha value is -0.570. The molecule has 56 valence electrons. The molecule has 1 aliphatic carbocycles. The molecule has 0 aromatic heterocycles. The van der Waals surface area contributed by atoms with Crippen molar-refractivity contribution in [2.75, 3.05) is 6.54 Å². The van der Waals surface area contributed by atoms with Crippen LogP contribution >= 0.6 is 0 Å². The fourth-order valence-corrected chi connectivity index (χ4v) is 2.27. The molecule has 1 amide bonds. The summed E-state index contributed by atoms with van der Waals surface area (Å²) in [5.74, 6) is 0.569. The van der Waals surface area contributed by atoms with Crippen molar-refractivity contribution in [1.29, 1.82) is 0 Å². The lowest BCUT2D eigenvalue weighted by atomic mass is 9.98. The first-order valence-electron chi connectivity index (χ1n) is 3.82. The van der Waals surface area contributed by atoms with E-state index in [0.717, 1.165) is 13.0 Å². The number of carbonyl (C=O) groups excluding carboxylic acids is 1. The topological polar surface area (TPSA) is 55.1 Å². The van der Waals surface area contributed by atoms with Gasteiger partial charge in [-0.1, -0.05) is 0 Å². The molecule has 3 heteroatoms. The number of rotatable bonds is 1. The van der Waals surface area contributed by atoms with E-state index < -0.39 is 0 Å². The Bertz CT molecular complexity index is 149. The van der Waals surface area contributed by atoms with Gasteiger partial charge in [-0.3, -0.25) is 4.79 Å². The summed E-state index contributed by atoms with van der Waals surface area (Å²) in [6.45, 7) is 0.998. The molecule has 3 atom stereocenters. The molecule has 0 aromatic carbocycles. The van der Waals surface area contributed by atoms with Gasteiger partial charge in [0.2, 0.25) is 5.91 Å². The zero-order chi connectivity index (χ0) is 7.14. The second-order valence-electron chi connectivity index (χ2n) is 3.28. The monoisotopic (exact) mass is 140 g/mol. The van der Waals surface area contributed by atoms with Crippen molar-refractivity contribution in [2.45, 2.75) is 18.9 Å². The highest BCUT2D eigenvalue weighted by Crippen LogP contribution is 2.36. The Labute approximate surface area is 60.0 Å². The Morgan fingerprint density at radius 3 is 2.50 bits per heavy atom. The summed E-state index contributed by atoms with van der Waals surface area (Å²) in [6.07, 6.45) is 2.32. The molecule has 0 aromatic rings. The molecule has 2 rings (SSSR count). The van der Waals surface area contributed by atoms with Gasteiger partial charge in [-0.25, -0.2) is 0 Å². The van der Waals surface area contributed by atoms with Crippen LogP contribution in [0.2, 0.25) is 0 Å². The maximum absolute atomic E-state index is 10.8. The van der Waals surface area contributed by atoms with Gasteiger partial charge < -0.3 is 11.1 Å². The van der Waals surface area contributed by atoms with Gasteiger partial charge >= 0.3 is 0 Å². The minimum absolute atomic E-state index is 0.113. The molecule has 3 nitrogen and oxygen atoms in total. The van der Waals surface area contributed by atoms with E-state index in [1.165, 1.54) is 6.42 Å². The van der Waals surface area contributed by atoms with Crippen LogP contribution in [0.15, 0.2) is 0 Å². The fraction of sp³-hybridized carbons (Fsp3) is 0.857. The summed E-state index contributed by atoms with van der Waals surface area (Å²) in [6, 6.07) is 0.405. The highest BCUT2D eigenvalue weighted by atomic mass is 16.1. The van der Waals surface area contributed by atoms with E-state index in [-0.39, 0.29) is 11.8 Å². The Morgan fingerprint density at radius 1 is 1.50 bits per heavy atom. The van der Waals surface area contributed by atoms with Crippen LogP contribution in [0.5, 0.6) is 0 Å². The third-order valence-electron chi connectivity index (χ3n) is 2.76. The summed E-state index contributed by atoms with van der Waals surface area (Å²) in [5, 5.41) is 3.29. The van der Waals surface area contributed by atoms with E-state index in [1.807, 2.05) is 0 Å². The summed E-state index contributed by atoms with van der Waals surface area (Å²) < 4.78 is 0. The van der Waals surface area contributed by atoms with Crippen molar-refractivity contribution in [3.05, 3.63) is 0 Å². The van der Waals surface area contributed by atoms with Crippen LogP contribution in [0.25, 0.3) is 0 Å². The van der Waals surface area contributed by atoms with E-state index >= 15 is 0 Å². The second-order valence-corrected chi connectivity index (χ2v) is 3.28. The first-order chi connectivity index (χ1) is 4.79. The molecule has 0 radical (unpaired) electrons. The maximum atomic E-state index is 10.8. The van der Waals surface area contributed by atoms with E-state index in [2.05, 4.69) is 5.32 Å². The van der Waals surface area contributed by atoms with E-state index in [4.69, 9.17) is 5.73 Å². The van der Waals surface area contributed by atoms with Crippen molar-refractivity contribution in [2.24, 2.45) is 17.6 Å². The van der Waals surface area contributed by atoms with E-state index in [0.29, 0.717) is 12.0 Å². The van der Waals surface area contributed by atoms with Gasteiger partial charge in [0.25, 0.3) is 0 Å². The van der Waals surface area contributed by atoms with Gasteiger partial charge in [-0.15, -0.1) is 0 Å². The summed E-state index contributed by atoms with van der Waals surface area (Å²) in [4.78, 5) is 10.8. The Morgan fingerprint density at radius 2 is 2.30 bits per heavy atom. The normalized spacial score (nSPS) is 44.2. The van der Waals surface area contributed by atoms with Crippen molar-refractivity contribution >= 4 is 5.91 Å². The lowest BCUT2D eigenvalue weighted by Gasteiger charge is -2.08. The van der Waals surface area contributed by atoms with Gasteiger partial charge in [0.15, 0.2) is 0 Å². The number of fused-ring (bicyclic) bond motifs is 2. The van der Waals surface area contributed by atoms with Crippen LogP contribution in [-0.2, 0) is 4.79 Å². The van der Waals surface area contributed by atoms with E-state index in [9.17, 15) is 4.79 Å². The molecule has 0 unspecified atom stereocenters. The number of hydrogen-bond acceptors (Lipinski definition) is 2. The summed E-state index contributed by atoms with van der Waals surface area (Å²) in [5.41, 5.74) is 5.24. The number of hydrogen-bond donors (Lipinski definition) is 2. The number of carbonyl (C=O) groups is 1. The van der Waals surface area contributed by atoms with Crippen LogP contribution in [0.3, 0.4) is 0 Å². The largest absolute Gasteiger partial charge is 0.369 e. The molecule has 1 saturated heterocycles. The third kappa shape index (κ3) is 0.669. The van der Waals surface area contributed by atoms with Crippen LogP contribution in [0, 0.1) is 11.8 Å². The van der Waals surface area contributed by atoms with Gasteiger partial charge in [0.05, 0.1) is 5.92 Å². The standard InChI is InChI=1S/C7H12N2O/c8-7(10)6-4-1-2-5(6)9-3-4/h4-6,9H,1-3H2,(H2,8,10)/t4-,5-,6+/m0/s1. The number of nitrogens with one attached hydrogen (secondary N) is 1. The Kier molecular flexibility index (Phi) is 1.20. The average Bonchev–Trinajstić information content (AvgIpc) is 2.43. The molecule has 10 heavy (non-hydrogen) atoms. The molecule has 2 aliphatic rings. The molecule has 1 aliphatic heterocycles. The van der Waals surface area contributed by atoms with Gasteiger partial charge in [-0.2, -0.15) is 0 Å².